The van der Waals surface area contributed by atoms with E-state index in [1.165, 1.54) is 0 Å². The van der Waals surface area contributed by atoms with Gasteiger partial charge < -0.3 is 15.7 Å². The lowest BCUT2D eigenvalue weighted by Gasteiger charge is -2.24. The van der Waals surface area contributed by atoms with Crippen LogP contribution in [0.5, 0.6) is 0 Å². The molecule has 3 N–H and O–H groups in total. The van der Waals surface area contributed by atoms with E-state index in [2.05, 4.69) is 10.6 Å². The van der Waals surface area contributed by atoms with Gasteiger partial charge in [-0.3, -0.25) is 4.79 Å². The lowest BCUT2D eigenvalue weighted by atomic mass is 10.0. The summed E-state index contributed by atoms with van der Waals surface area (Å²) in [5.74, 6) is -0.997. The van der Waals surface area contributed by atoms with E-state index < -0.39 is 17.5 Å². The molecular formula is C14H17N3O3. The van der Waals surface area contributed by atoms with Crippen molar-refractivity contribution < 1.29 is 14.7 Å². The number of nitriles is 1. The summed E-state index contributed by atoms with van der Waals surface area (Å²) >= 11 is 0. The number of carboxylic acid groups (broad SMARTS) is 1. The number of rotatable bonds is 4. The Morgan fingerprint density at radius 1 is 1.40 bits per heavy atom. The number of nitrogens with one attached hydrogen (secondary N) is 2. The average Bonchev–Trinajstić information content (AvgIpc) is 2.26. The maximum absolute atomic E-state index is 11.9. The van der Waals surface area contributed by atoms with E-state index in [9.17, 15) is 9.59 Å². The van der Waals surface area contributed by atoms with Gasteiger partial charge in [-0.05, 0) is 32.4 Å². The molecule has 2 amide bonds. The summed E-state index contributed by atoms with van der Waals surface area (Å²) < 4.78 is 0. The van der Waals surface area contributed by atoms with Crippen molar-refractivity contribution in [3.8, 4) is 6.07 Å². The van der Waals surface area contributed by atoms with Gasteiger partial charge >= 0.3 is 12.0 Å². The van der Waals surface area contributed by atoms with Gasteiger partial charge in [0.15, 0.2) is 0 Å². The minimum Gasteiger partial charge on any atom is -0.481 e. The number of benzene rings is 1. The third kappa shape index (κ3) is 4.28. The van der Waals surface area contributed by atoms with E-state index in [-0.39, 0.29) is 6.42 Å². The number of aryl methyl sites for hydroxylation is 1. The molecule has 0 aliphatic heterocycles. The minimum absolute atomic E-state index is 0.195. The Balaban J connectivity index is 2.80. The molecule has 0 aromatic heterocycles. The van der Waals surface area contributed by atoms with Crippen LogP contribution >= 0.6 is 0 Å². The Hall–Kier alpha value is -2.55. The van der Waals surface area contributed by atoms with Gasteiger partial charge in [0.2, 0.25) is 0 Å². The monoisotopic (exact) mass is 275 g/mol. The molecule has 6 nitrogen and oxygen atoms in total. The number of hydrogen-bond donors (Lipinski definition) is 3. The van der Waals surface area contributed by atoms with Crippen LogP contribution < -0.4 is 10.6 Å². The van der Waals surface area contributed by atoms with Crippen LogP contribution in [0.25, 0.3) is 0 Å². The Kier molecular flexibility index (Phi) is 4.70. The highest BCUT2D eigenvalue weighted by Crippen LogP contribution is 2.18. The second-order valence-electron chi connectivity index (χ2n) is 5.14. The predicted molar refractivity (Wildman–Crippen MR) is 74.4 cm³/mol. The molecule has 0 bridgehead atoms. The number of carbonyl (C=O) groups is 2. The van der Waals surface area contributed by atoms with Crippen LogP contribution in [0.2, 0.25) is 0 Å². The largest absolute Gasteiger partial charge is 0.481 e. The van der Waals surface area contributed by atoms with Crippen LogP contribution in [0, 0.1) is 18.3 Å². The first-order chi connectivity index (χ1) is 9.25. The molecule has 0 spiro atoms. The zero-order valence-electron chi connectivity index (χ0n) is 11.7. The van der Waals surface area contributed by atoms with E-state index in [4.69, 9.17) is 10.4 Å². The van der Waals surface area contributed by atoms with Crippen molar-refractivity contribution in [1.82, 2.24) is 5.32 Å². The molecule has 106 valence electrons. The van der Waals surface area contributed by atoms with Crippen LogP contribution in [0.4, 0.5) is 10.5 Å². The molecule has 0 unspecified atom stereocenters. The lowest BCUT2D eigenvalue weighted by molar-refractivity contribution is -0.138. The zero-order valence-corrected chi connectivity index (χ0v) is 11.7. The Bertz CT molecular complexity index is 574. The van der Waals surface area contributed by atoms with Gasteiger partial charge in [0.05, 0.1) is 17.7 Å². The number of urea groups is 1. The zero-order chi connectivity index (χ0) is 15.3. The SMILES string of the molecule is Cc1cccc(NC(=O)NC(C)(C)CC(=O)O)c1C#N. The number of carbonyl (C=O) groups excluding carboxylic acids is 1. The van der Waals surface area contributed by atoms with Crippen LogP contribution in [0.3, 0.4) is 0 Å². The van der Waals surface area contributed by atoms with Crippen LogP contribution in [-0.2, 0) is 4.79 Å². The highest BCUT2D eigenvalue weighted by Gasteiger charge is 2.24. The van der Waals surface area contributed by atoms with E-state index in [1.807, 2.05) is 6.07 Å². The highest BCUT2D eigenvalue weighted by molar-refractivity contribution is 5.91. The Morgan fingerprint density at radius 2 is 2.05 bits per heavy atom. The van der Waals surface area contributed by atoms with E-state index in [0.717, 1.165) is 5.56 Å². The summed E-state index contributed by atoms with van der Waals surface area (Å²) in [6.07, 6.45) is -0.195. The second kappa shape index (κ2) is 6.06. The number of hydrogen-bond acceptors (Lipinski definition) is 3. The van der Waals surface area contributed by atoms with Gasteiger partial charge in [0, 0.05) is 5.54 Å². The fraction of sp³-hybridized carbons (Fsp3) is 0.357. The molecule has 1 rings (SSSR count). The maximum Gasteiger partial charge on any atom is 0.319 e. The fourth-order valence-electron chi connectivity index (χ4n) is 1.80. The number of anilines is 1. The molecule has 0 fully saturated rings. The molecule has 0 saturated carbocycles. The Labute approximate surface area is 117 Å². The summed E-state index contributed by atoms with van der Waals surface area (Å²) in [5.41, 5.74) is 0.664. The van der Waals surface area contributed by atoms with Crippen LogP contribution in [-0.4, -0.2) is 22.6 Å². The van der Waals surface area contributed by atoms with Crippen molar-refractivity contribution in [2.24, 2.45) is 0 Å². The highest BCUT2D eigenvalue weighted by atomic mass is 16.4. The molecule has 1 aromatic rings. The third-order valence-electron chi connectivity index (χ3n) is 2.68. The molecule has 0 radical (unpaired) electrons. The molecular weight excluding hydrogens is 258 g/mol. The van der Waals surface area contributed by atoms with Crippen LogP contribution in [0.1, 0.15) is 31.4 Å². The van der Waals surface area contributed by atoms with E-state index in [0.29, 0.717) is 11.3 Å². The fourth-order valence-corrected chi connectivity index (χ4v) is 1.80. The summed E-state index contributed by atoms with van der Waals surface area (Å²) in [4.78, 5) is 22.5. The Morgan fingerprint density at radius 3 is 2.60 bits per heavy atom. The quantitative estimate of drug-likeness (QED) is 0.784. The number of nitrogens with zero attached hydrogens (tertiary/aromatic N) is 1. The molecule has 0 aliphatic rings. The maximum atomic E-state index is 11.9. The van der Waals surface area contributed by atoms with E-state index >= 15 is 0 Å². The first-order valence-electron chi connectivity index (χ1n) is 6.06. The first-order valence-corrected chi connectivity index (χ1v) is 6.06. The van der Waals surface area contributed by atoms with E-state index in [1.54, 1.807) is 39.0 Å². The molecule has 0 aliphatic carbocycles. The number of carboxylic acids is 1. The van der Waals surface area contributed by atoms with Gasteiger partial charge in [0.25, 0.3) is 0 Å². The van der Waals surface area contributed by atoms with Gasteiger partial charge in [0.1, 0.15) is 6.07 Å². The van der Waals surface area contributed by atoms with Crippen molar-refractivity contribution in [1.29, 1.82) is 5.26 Å². The van der Waals surface area contributed by atoms with Gasteiger partial charge in [-0.25, -0.2) is 4.79 Å². The molecule has 0 saturated heterocycles. The van der Waals surface area contributed by atoms with Gasteiger partial charge in [-0.2, -0.15) is 5.26 Å². The molecule has 0 heterocycles. The second-order valence-corrected chi connectivity index (χ2v) is 5.14. The van der Waals surface area contributed by atoms with Crippen molar-refractivity contribution in [2.45, 2.75) is 32.7 Å². The molecule has 1 aromatic carbocycles. The smallest absolute Gasteiger partial charge is 0.319 e. The normalized spacial score (nSPS) is 10.5. The van der Waals surface area contributed by atoms with Crippen molar-refractivity contribution in [3.63, 3.8) is 0 Å². The minimum atomic E-state index is -0.997. The number of amides is 2. The number of aliphatic carboxylic acids is 1. The standard InChI is InChI=1S/C14H17N3O3/c1-9-5-4-6-11(10(9)8-15)16-13(20)17-14(2,3)7-12(18)19/h4-6H,7H2,1-3H3,(H,18,19)(H2,16,17,20). The molecule has 20 heavy (non-hydrogen) atoms. The summed E-state index contributed by atoms with van der Waals surface area (Å²) in [7, 11) is 0. The molecule has 0 atom stereocenters. The first kappa shape index (κ1) is 15.5. The van der Waals surface area contributed by atoms with Crippen molar-refractivity contribution >= 4 is 17.7 Å². The lowest BCUT2D eigenvalue weighted by Crippen LogP contribution is -2.46. The third-order valence-corrected chi connectivity index (χ3v) is 2.68. The van der Waals surface area contributed by atoms with Crippen LogP contribution in [0.15, 0.2) is 18.2 Å². The predicted octanol–water partition coefficient (Wildman–Crippen LogP) is 2.24. The topological polar surface area (TPSA) is 102 Å². The van der Waals surface area contributed by atoms with Crippen molar-refractivity contribution in [3.05, 3.63) is 29.3 Å². The average molecular weight is 275 g/mol. The van der Waals surface area contributed by atoms with Crippen molar-refractivity contribution in [2.75, 3.05) is 5.32 Å². The molecule has 6 heteroatoms. The summed E-state index contributed by atoms with van der Waals surface area (Å²) in [6.45, 7) is 5.00. The summed E-state index contributed by atoms with van der Waals surface area (Å²) in [6, 6.07) is 6.61. The summed E-state index contributed by atoms with van der Waals surface area (Å²) in [5, 5.41) is 23.0. The van der Waals surface area contributed by atoms with Gasteiger partial charge in [-0.15, -0.1) is 0 Å². The van der Waals surface area contributed by atoms with Gasteiger partial charge in [-0.1, -0.05) is 12.1 Å².